The largest absolute Gasteiger partial charge is 0.311 e. The summed E-state index contributed by atoms with van der Waals surface area (Å²) in [7, 11) is 0. The molecule has 2 aliphatic heterocycles. The van der Waals surface area contributed by atoms with Crippen molar-refractivity contribution in [1.82, 2.24) is 9.47 Å². The first kappa shape index (κ1) is 13.8. The Morgan fingerprint density at radius 1 is 1.00 bits per heavy atom. The van der Waals surface area contributed by atoms with Crippen LogP contribution in [0.5, 0.6) is 0 Å². The standard InChI is InChI=1S/C20H24N2O/c23-20-17-8-2-5-14-4-1-6-16(19(14)17)13-22(20)18-9-11-21-10-3-7-15(18)12-21/h2,5,8,13,15,18H,1,3-4,6-7,9-12H2. The molecule has 5 rings (SSSR count). The minimum Gasteiger partial charge on any atom is -0.311 e. The van der Waals surface area contributed by atoms with E-state index in [4.69, 9.17) is 0 Å². The number of aromatic nitrogens is 1. The van der Waals surface area contributed by atoms with Gasteiger partial charge in [0.25, 0.3) is 5.56 Å². The number of hydrogen-bond acceptors (Lipinski definition) is 2. The molecule has 0 N–H and O–H groups in total. The molecule has 2 bridgehead atoms. The van der Waals surface area contributed by atoms with Gasteiger partial charge in [-0.2, -0.15) is 0 Å². The van der Waals surface area contributed by atoms with Crippen molar-refractivity contribution < 1.29 is 0 Å². The van der Waals surface area contributed by atoms with Crippen molar-refractivity contribution in [3.63, 3.8) is 0 Å². The molecule has 2 fully saturated rings. The van der Waals surface area contributed by atoms with Crippen LogP contribution >= 0.6 is 0 Å². The van der Waals surface area contributed by atoms with E-state index in [9.17, 15) is 4.79 Å². The van der Waals surface area contributed by atoms with Crippen molar-refractivity contribution in [2.75, 3.05) is 19.6 Å². The monoisotopic (exact) mass is 308 g/mol. The molecule has 3 unspecified atom stereocenters. The summed E-state index contributed by atoms with van der Waals surface area (Å²) in [6, 6.07) is 6.73. The lowest BCUT2D eigenvalue weighted by molar-refractivity contribution is 0.0774. The van der Waals surface area contributed by atoms with Crippen LogP contribution in [0, 0.1) is 5.92 Å². The number of benzene rings is 1. The molecule has 120 valence electrons. The van der Waals surface area contributed by atoms with Gasteiger partial charge in [-0.05, 0) is 73.6 Å². The Morgan fingerprint density at radius 2 is 1.91 bits per heavy atom. The molecule has 3 heterocycles. The van der Waals surface area contributed by atoms with E-state index in [0.29, 0.717) is 12.0 Å². The maximum Gasteiger partial charge on any atom is 0.258 e. The summed E-state index contributed by atoms with van der Waals surface area (Å²) in [5, 5.41) is 2.22. The van der Waals surface area contributed by atoms with Gasteiger partial charge >= 0.3 is 0 Å². The fourth-order valence-corrected chi connectivity index (χ4v) is 5.23. The Balaban J connectivity index is 1.68. The molecule has 2 saturated heterocycles. The normalized spacial score (nSPS) is 29.7. The first-order valence-electron chi connectivity index (χ1n) is 9.19. The van der Waals surface area contributed by atoms with Crippen LogP contribution < -0.4 is 5.56 Å². The second-order valence-corrected chi connectivity index (χ2v) is 7.62. The van der Waals surface area contributed by atoms with Crippen molar-refractivity contribution >= 4 is 10.8 Å². The summed E-state index contributed by atoms with van der Waals surface area (Å²) in [6.45, 7) is 3.59. The van der Waals surface area contributed by atoms with E-state index >= 15 is 0 Å². The number of nitrogens with zero attached hydrogens (tertiary/aromatic N) is 2. The van der Waals surface area contributed by atoms with E-state index in [1.807, 2.05) is 6.07 Å². The Bertz CT molecular complexity index is 822. The molecule has 2 aromatic rings. The quantitative estimate of drug-likeness (QED) is 0.808. The van der Waals surface area contributed by atoms with Gasteiger partial charge in [0.15, 0.2) is 0 Å². The van der Waals surface area contributed by atoms with Crippen LogP contribution in [0.25, 0.3) is 10.8 Å². The van der Waals surface area contributed by atoms with Gasteiger partial charge in [-0.3, -0.25) is 4.79 Å². The molecule has 0 amide bonds. The van der Waals surface area contributed by atoms with Crippen LogP contribution in [-0.4, -0.2) is 29.1 Å². The first-order valence-corrected chi connectivity index (χ1v) is 9.19. The summed E-state index contributed by atoms with van der Waals surface area (Å²) in [5.41, 5.74) is 3.02. The number of pyridine rings is 1. The summed E-state index contributed by atoms with van der Waals surface area (Å²) >= 11 is 0. The molecule has 3 nitrogen and oxygen atoms in total. The molecule has 3 atom stereocenters. The third-order valence-electron chi connectivity index (χ3n) is 6.31. The fourth-order valence-electron chi connectivity index (χ4n) is 5.23. The molecule has 3 aliphatic rings. The molecule has 1 aromatic heterocycles. The Hall–Kier alpha value is -1.61. The van der Waals surface area contributed by atoms with E-state index in [0.717, 1.165) is 31.2 Å². The van der Waals surface area contributed by atoms with E-state index < -0.39 is 0 Å². The van der Waals surface area contributed by atoms with Crippen molar-refractivity contribution in [3.8, 4) is 0 Å². The number of hydrogen-bond donors (Lipinski definition) is 0. The SMILES string of the molecule is O=c1c2cccc3c2c(cn1C1CCN2CCCC1C2)CCC3. The maximum atomic E-state index is 13.2. The minimum absolute atomic E-state index is 0.247. The van der Waals surface area contributed by atoms with E-state index in [1.165, 1.54) is 48.9 Å². The Kier molecular flexibility index (Phi) is 3.12. The molecule has 23 heavy (non-hydrogen) atoms. The van der Waals surface area contributed by atoms with Gasteiger partial charge in [-0.25, -0.2) is 0 Å². The summed E-state index contributed by atoms with van der Waals surface area (Å²) < 4.78 is 2.13. The van der Waals surface area contributed by atoms with E-state index in [1.54, 1.807) is 0 Å². The highest BCUT2D eigenvalue weighted by molar-refractivity contribution is 5.88. The zero-order valence-corrected chi connectivity index (χ0v) is 13.6. The predicted octanol–water partition coefficient (Wildman–Crippen LogP) is 3.15. The van der Waals surface area contributed by atoms with Crippen LogP contribution in [0.15, 0.2) is 29.2 Å². The lowest BCUT2D eigenvalue weighted by Crippen LogP contribution is -2.47. The maximum absolute atomic E-state index is 13.2. The van der Waals surface area contributed by atoms with Gasteiger partial charge in [0.05, 0.1) is 0 Å². The third kappa shape index (κ3) is 2.09. The Labute approximate surface area is 136 Å². The number of fused-ring (bicyclic) bond motifs is 2. The number of piperidine rings is 2. The smallest absolute Gasteiger partial charge is 0.258 e. The van der Waals surface area contributed by atoms with Gasteiger partial charge in [0.2, 0.25) is 0 Å². The molecular weight excluding hydrogens is 284 g/mol. The molecule has 1 aromatic carbocycles. The molecule has 0 saturated carbocycles. The number of aryl methyl sites for hydroxylation is 2. The highest BCUT2D eigenvalue weighted by Crippen LogP contribution is 2.36. The minimum atomic E-state index is 0.247. The van der Waals surface area contributed by atoms with Crippen LogP contribution in [-0.2, 0) is 12.8 Å². The number of rotatable bonds is 1. The molecule has 3 heteroatoms. The van der Waals surface area contributed by atoms with Crippen molar-refractivity contribution in [2.45, 2.75) is 44.6 Å². The fraction of sp³-hybridized carbons (Fsp3) is 0.550. The van der Waals surface area contributed by atoms with Crippen molar-refractivity contribution in [3.05, 3.63) is 45.9 Å². The molecular formula is C20H24N2O. The summed E-state index contributed by atoms with van der Waals surface area (Å²) in [4.78, 5) is 15.8. The predicted molar refractivity (Wildman–Crippen MR) is 93.1 cm³/mol. The van der Waals surface area contributed by atoms with Crippen molar-refractivity contribution in [1.29, 1.82) is 0 Å². The highest BCUT2D eigenvalue weighted by atomic mass is 16.1. The van der Waals surface area contributed by atoms with Gasteiger partial charge in [0.1, 0.15) is 0 Å². The zero-order valence-electron chi connectivity index (χ0n) is 13.6. The second kappa shape index (κ2) is 5.20. The van der Waals surface area contributed by atoms with E-state index in [2.05, 4.69) is 27.8 Å². The van der Waals surface area contributed by atoms with E-state index in [-0.39, 0.29) is 5.56 Å². The topological polar surface area (TPSA) is 25.2 Å². The van der Waals surface area contributed by atoms with Gasteiger partial charge < -0.3 is 9.47 Å². The van der Waals surface area contributed by atoms with Crippen LogP contribution in [0.1, 0.15) is 42.9 Å². The second-order valence-electron chi connectivity index (χ2n) is 7.62. The summed E-state index contributed by atoms with van der Waals surface area (Å²) in [5.74, 6) is 0.659. The molecule has 0 radical (unpaired) electrons. The van der Waals surface area contributed by atoms with Crippen LogP contribution in [0.4, 0.5) is 0 Å². The van der Waals surface area contributed by atoms with Gasteiger partial charge in [0, 0.05) is 30.7 Å². The molecule has 1 aliphatic carbocycles. The lowest BCUT2D eigenvalue weighted by Gasteiger charge is -2.43. The average Bonchev–Trinajstić information content (AvgIpc) is 2.59. The zero-order chi connectivity index (χ0) is 15.4. The van der Waals surface area contributed by atoms with Gasteiger partial charge in [-0.1, -0.05) is 12.1 Å². The van der Waals surface area contributed by atoms with Crippen molar-refractivity contribution in [2.24, 2.45) is 5.92 Å². The average molecular weight is 308 g/mol. The Morgan fingerprint density at radius 3 is 2.87 bits per heavy atom. The van der Waals surface area contributed by atoms with Crippen LogP contribution in [0.3, 0.4) is 0 Å². The third-order valence-corrected chi connectivity index (χ3v) is 6.31. The lowest BCUT2D eigenvalue weighted by atomic mass is 9.84. The van der Waals surface area contributed by atoms with Crippen LogP contribution in [0.2, 0.25) is 0 Å². The summed E-state index contributed by atoms with van der Waals surface area (Å²) in [6.07, 6.45) is 9.39. The molecule has 0 spiro atoms. The van der Waals surface area contributed by atoms with Gasteiger partial charge in [-0.15, -0.1) is 0 Å². The highest BCUT2D eigenvalue weighted by Gasteiger charge is 2.34. The first-order chi connectivity index (χ1) is 11.3.